The van der Waals surface area contributed by atoms with E-state index in [0.717, 1.165) is 64.0 Å². The van der Waals surface area contributed by atoms with Gasteiger partial charge in [-0.15, -0.1) is 11.3 Å². The van der Waals surface area contributed by atoms with Crippen molar-refractivity contribution < 1.29 is 4.74 Å². The zero-order valence-electron chi connectivity index (χ0n) is 16.2. The number of para-hydroxylation sites is 1. The fraction of sp³-hybridized carbons (Fsp3) is 0.500. The zero-order chi connectivity index (χ0) is 18.9. The Bertz CT molecular complexity index is 710. The van der Waals surface area contributed by atoms with E-state index in [9.17, 15) is 0 Å². The number of rotatable bonds is 7. The third kappa shape index (κ3) is 6.22. The van der Waals surface area contributed by atoms with Crippen LogP contribution in [0.4, 0.5) is 0 Å². The fourth-order valence-electron chi connectivity index (χ4n) is 3.12. The number of aromatic nitrogens is 1. The second kappa shape index (κ2) is 10.3. The molecule has 6 nitrogen and oxygen atoms in total. The van der Waals surface area contributed by atoms with E-state index in [4.69, 9.17) is 4.74 Å². The standard InChI is InChI=1S/C20H29N5OS/c1-17-16-23-19(27-17)8-9-22-20(21-2)25-12-10-24(11-13-25)14-15-26-18-6-4-3-5-7-18/h3-7,16H,8-15H2,1-2H3,(H,21,22). The van der Waals surface area contributed by atoms with Crippen LogP contribution in [0.2, 0.25) is 0 Å². The summed E-state index contributed by atoms with van der Waals surface area (Å²) < 4.78 is 5.80. The van der Waals surface area contributed by atoms with Crippen molar-refractivity contribution in [2.75, 3.05) is 52.9 Å². The average molecular weight is 388 g/mol. The van der Waals surface area contributed by atoms with E-state index in [1.54, 1.807) is 11.3 Å². The Morgan fingerprint density at radius 2 is 2.00 bits per heavy atom. The number of hydrogen-bond donors (Lipinski definition) is 1. The first-order chi connectivity index (χ1) is 13.2. The molecule has 1 saturated heterocycles. The van der Waals surface area contributed by atoms with Crippen LogP contribution in [-0.2, 0) is 6.42 Å². The molecule has 0 aliphatic carbocycles. The number of guanidine groups is 1. The maximum atomic E-state index is 5.80. The second-order valence-corrected chi connectivity index (χ2v) is 7.90. The lowest BCUT2D eigenvalue weighted by atomic mass is 10.3. The Morgan fingerprint density at radius 3 is 2.67 bits per heavy atom. The first kappa shape index (κ1) is 19.6. The van der Waals surface area contributed by atoms with Gasteiger partial charge in [0.25, 0.3) is 0 Å². The summed E-state index contributed by atoms with van der Waals surface area (Å²) >= 11 is 1.77. The van der Waals surface area contributed by atoms with E-state index in [1.165, 1.54) is 9.88 Å². The number of benzene rings is 1. The van der Waals surface area contributed by atoms with Crippen molar-refractivity contribution in [2.45, 2.75) is 13.3 Å². The van der Waals surface area contributed by atoms with Crippen molar-refractivity contribution in [3.8, 4) is 5.75 Å². The highest BCUT2D eigenvalue weighted by Crippen LogP contribution is 2.11. The minimum atomic E-state index is 0.726. The number of aryl methyl sites for hydroxylation is 1. The van der Waals surface area contributed by atoms with Crippen molar-refractivity contribution in [3.05, 3.63) is 46.4 Å². The maximum absolute atomic E-state index is 5.80. The van der Waals surface area contributed by atoms with E-state index < -0.39 is 0 Å². The molecule has 7 heteroatoms. The normalized spacial score (nSPS) is 15.8. The first-order valence-electron chi connectivity index (χ1n) is 9.51. The van der Waals surface area contributed by atoms with Gasteiger partial charge in [-0.05, 0) is 19.1 Å². The molecule has 1 aliphatic rings. The Hall–Kier alpha value is -2.12. The summed E-state index contributed by atoms with van der Waals surface area (Å²) in [5.74, 6) is 1.93. The second-order valence-electron chi connectivity index (χ2n) is 6.58. The summed E-state index contributed by atoms with van der Waals surface area (Å²) in [6.45, 7) is 8.68. The van der Waals surface area contributed by atoms with Crippen LogP contribution in [0.3, 0.4) is 0 Å². The SMILES string of the molecule is CN=C(NCCc1ncc(C)s1)N1CCN(CCOc2ccccc2)CC1. The Morgan fingerprint density at radius 1 is 1.22 bits per heavy atom. The number of nitrogens with one attached hydrogen (secondary N) is 1. The van der Waals surface area contributed by atoms with Crippen molar-refractivity contribution in [1.29, 1.82) is 0 Å². The van der Waals surface area contributed by atoms with Gasteiger partial charge >= 0.3 is 0 Å². The van der Waals surface area contributed by atoms with Crippen molar-refractivity contribution in [1.82, 2.24) is 20.1 Å². The summed E-state index contributed by atoms with van der Waals surface area (Å²) in [6, 6.07) is 10.0. The van der Waals surface area contributed by atoms with Crippen LogP contribution < -0.4 is 10.1 Å². The van der Waals surface area contributed by atoms with Crippen molar-refractivity contribution in [2.24, 2.45) is 4.99 Å². The van der Waals surface area contributed by atoms with E-state index >= 15 is 0 Å². The predicted octanol–water partition coefficient (Wildman–Crippen LogP) is 2.27. The average Bonchev–Trinajstić information content (AvgIpc) is 3.12. The molecule has 1 N–H and O–H groups in total. The van der Waals surface area contributed by atoms with Crippen LogP contribution in [0.15, 0.2) is 41.5 Å². The Kier molecular flexibility index (Phi) is 7.47. The number of thiazole rings is 1. The molecule has 1 aliphatic heterocycles. The zero-order valence-corrected chi connectivity index (χ0v) is 17.0. The number of piperazine rings is 1. The number of hydrogen-bond acceptors (Lipinski definition) is 5. The summed E-state index contributed by atoms with van der Waals surface area (Å²) in [5, 5.41) is 4.66. The summed E-state index contributed by atoms with van der Waals surface area (Å²) in [6.07, 6.45) is 2.88. The van der Waals surface area contributed by atoms with Crippen LogP contribution in [0.5, 0.6) is 5.75 Å². The van der Waals surface area contributed by atoms with Crippen LogP contribution in [0.1, 0.15) is 9.88 Å². The van der Waals surface area contributed by atoms with E-state index in [1.807, 2.05) is 43.6 Å². The molecule has 1 fully saturated rings. The van der Waals surface area contributed by atoms with E-state index in [0.29, 0.717) is 0 Å². The van der Waals surface area contributed by atoms with E-state index in [2.05, 4.69) is 32.0 Å². The predicted molar refractivity (Wildman–Crippen MR) is 112 cm³/mol. The minimum absolute atomic E-state index is 0.726. The molecule has 0 amide bonds. The van der Waals surface area contributed by atoms with Crippen molar-refractivity contribution >= 4 is 17.3 Å². The van der Waals surface area contributed by atoms with Crippen LogP contribution >= 0.6 is 11.3 Å². The molecule has 0 atom stereocenters. The fourth-order valence-corrected chi connectivity index (χ4v) is 3.91. The van der Waals surface area contributed by atoms with Crippen LogP contribution in [0.25, 0.3) is 0 Å². The highest BCUT2D eigenvalue weighted by Gasteiger charge is 2.19. The topological polar surface area (TPSA) is 53.0 Å². The number of aliphatic imine (C=N–C) groups is 1. The first-order valence-corrected chi connectivity index (χ1v) is 10.3. The molecule has 1 aromatic heterocycles. The van der Waals surface area contributed by atoms with Gasteiger partial charge in [-0.1, -0.05) is 18.2 Å². The van der Waals surface area contributed by atoms with Gasteiger partial charge in [-0.3, -0.25) is 9.89 Å². The van der Waals surface area contributed by atoms with Gasteiger partial charge in [-0.25, -0.2) is 4.98 Å². The quantitative estimate of drug-likeness (QED) is 0.583. The number of nitrogens with zero attached hydrogens (tertiary/aromatic N) is 4. The molecular formula is C20H29N5OS. The summed E-state index contributed by atoms with van der Waals surface area (Å²) in [5.41, 5.74) is 0. The molecule has 0 radical (unpaired) electrons. The van der Waals surface area contributed by atoms with Gasteiger partial charge in [0.15, 0.2) is 5.96 Å². The molecule has 27 heavy (non-hydrogen) atoms. The van der Waals surface area contributed by atoms with Crippen LogP contribution in [0, 0.1) is 6.92 Å². The third-order valence-electron chi connectivity index (χ3n) is 4.59. The number of ether oxygens (including phenoxy) is 1. The molecule has 0 saturated carbocycles. The maximum Gasteiger partial charge on any atom is 0.193 e. The molecule has 2 aromatic rings. The highest BCUT2D eigenvalue weighted by atomic mass is 32.1. The lowest BCUT2D eigenvalue weighted by Crippen LogP contribution is -2.53. The summed E-state index contributed by atoms with van der Waals surface area (Å²) in [7, 11) is 1.86. The molecule has 1 aromatic carbocycles. The molecular weight excluding hydrogens is 358 g/mol. The van der Waals surface area contributed by atoms with Gasteiger partial charge in [-0.2, -0.15) is 0 Å². The van der Waals surface area contributed by atoms with Crippen LogP contribution in [-0.4, -0.2) is 73.7 Å². The minimum Gasteiger partial charge on any atom is -0.492 e. The molecule has 0 unspecified atom stereocenters. The molecule has 0 bridgehead atoms. The van der Waals surface area contributed by atoms with E-state index in [-0.39, 0.29) is 0 Å². The van der Waals surface area contributed by atoms with Gasteiger partial charge in [0.2, 0.25) is 0 Å². The summed E-state index contributed by atoms with van der Waals surface area (Å²) in [4.78, 5) is 14.9. The molecule has 3 rings (SSSR count). The Balaban J connectivity index is 1.34. The molecule has 146 valence electrons. The monoisotopic (exact) mass is 387 g/mol. The molecule has 0 spiro atoms. The largest absolute Gasteiger partial charge is 0.492 e. The molecule has 2 heterocycles. The van der Waals surface area contributed by atoms with Crippen molar-refractivity contribution in [3.63, 3.8) is 0 Å². The third-order valence-corrected chi connectivity index (χ3v) is 5.57. The van der Waals surface area contributed by atoms with Gasteiger partial charge in [0, 0.05) is 63.8 Å². The lowest BCUT2D eigenvalue weighted by molar-refractivity contribution is 0.152. The van der Waals surface area contributed by atoms with Gasteiger partial charge in [0.05, 0.1) is 5.01 Å². The van der Waals surface area contributed by atoms with Gasteiger partial charge in [0.1, 0.15) is 12.4 Å². The smallest absolute Gasteiger partial charge is 0.193 e. The lowest BCUT2D eigenvalue weighted by Gasteiger charge is -2.36. The Labute approximate surface area is 165 Å². The highest BCUT2D eigenvalue weighted by molar-refractivity contribution is 7.11. The van der Waals surface area contributed by atoms with Gasteiger partial charge < -0.3 is 15.0 Å².